The van der Waals surface area contributed by atoms with Crippen LogP contribution in [0, 0.1) is 12.8 Å². The average molecular weight is 816 g/mol. The summed E-state index contributed by atoms with van der Waals surface area (Å²) in [6.45, 7) is 9.90. The summed E-state index contributed by atoms with van der Waals surface area (Å²) >= 11 is 1.60. The molecule has 7 heterocycles. The fourth-order valence-corrected chi connectivity index (χ4v) is 9.72. The largest absolute Gasteiger partial charge is 0.507 e. The number of benzene rings is 2. The number of phenolic OH excluding ortho intramolecular Hbond substituents is 1. The van der Waals surface area contributed by atoms with Gasteiger partial charge in [-0.2, -0.15) is 0 Å². The molecule has 4 aromatic heterocycles. The number of aromatic amines is 1. The van der Waals surface area contributed by atoms with Crippen LogP contribution in [0.3, 0.4) is 0 Å². The van der Waals surface area contributed by atoms with Gasteiger partial charge in [0.15, 0.2) is 11.6 Å². The van der Waals surface area contributed by atoms with Crippen molar-refractivity contribution in [3.8, 4) is 27.4 Å². The van der Waals surface area contributed by atoms with E-state index in [2.05, 4.69) is 46.5 Å². The predicted molar refractivity (Wildman–Crippen MR) is 225 cm³/mol. The van der Waals surface area contributed by atoms with Crippen molar-refractivity contribution < 1.29 is 24.3 Å². The number of fused-ring (bicyclic) bond motifs is 1. The minimum absolute atomic E-state index is 0.0872. The predicted octanol–water partition coefficient (Wildman–Crippen LogP) is 5.84. The molecule has 3 atom stereocenters. The lowest BCUT2D eigenvalue weighted by Crippen LogP contribution is -2.54. The lowest BCUT2D eigenvalue weighted by molar-refractivity contribution is -0.141. The van der Waals surface area contributed by atoms with Crippen LogP contribution in [0.15, 0.2) is 76.8 Å². The summed E-state index contributed by atoms with van der Waals surface area (Å²) in [4.78, 5) is 43.0. The van der Waals surface area contributed by atoms with E-state index in [-0.39, 0.29) is 36.4 Å². The topological polar surface area (TPSA) is 177 Å². The molecule has 3 saturated heterocycles. The number of phenols is 1. The van der Waals surface area contributed by atoms with Crippen molar-refractivity contribution in [1.29, 1.82) is 0 Å². The highest BCUT2D eigenvalue weighted by molar-refractivity contribution is 7.13. The van der Waals surface area contributed by atoms with E-state index in [1.165, 1.54) is 4.90 Å². The molecule has 2 amide bonds. The van der Waals surface area contributed by atoms with Crippen LogP contribution < -0.4 is 10.2 Å². The van der Waals surface area contributed by atoms with Gasteiger partial charge >= 0.3 is 0 Å². The van der Waals surface area contributed by atoms with Crippen molar-refractivity contribution in [2.75, 3.05) is 37.6 Å². The zero-order chi connectivity index (χ0) is 40.8. The average Bonchev–Trinajstić information content (AvgIpc) is 4.04. The van der Waals surface area contributed by atoms with Gasteiger partial charge < -0.3 is 34.8 Å². The molecule has 59 heavy (non-hydrogen) atoms. The number of carbonyl (C=O) groups is 2. The number of nitrogens with zero attached hydrogens (tertiary/aromatic N) is 7. The third-order valence-electron chi connectivity index (χ3n) is 12.3. The number of anilines is 1. The molecule has 3 aliphatic rings. The number of aliphatic hydroxyl groups is 1. The second-order valence-corrected chi connectivity index (χ2v) is 17.4. The summed E-state index contributed by atoms with van der Waals surface area (Å²) in [6.07, 6.45) is 1.36. The molecule has 6 aromatic rings. The Balaban J connectivity index is 0.783. The van der Waals surface area contributed by atoms with Crippen LogP contribution in [0.4, 0.5) is 5.82 Å². The summed E-state index contributed by atoms with van der Waals surface area (Å²) in [5.74, 6) is 0.450. The van der Waals surface area contributed by atoms with Gasteiger partial charge in [0, 0.05) is 75.0 Å². The van der Waals surface area contributed by atoms with E-state index >= 15 is 0 Å². The van der Waals surface area contributed by atoms with Crippen LogP contribution in [0.25, 0.3) is 32.7 Å². The SMILES string of the molecule is Cc1ncsc1-c1ccc(CNC(=O)[C@@H]2C[C@@H](O)CN2C(=O)[C@@H](c2cc(N3CCC(N4CC(c5cc6nnc(-c7ccccc7O)cc6[nH]5)C4)CC3)no2)C(C)C)cc1. The van der Waals surface area contributed by atoms with E-state index in [4.69, 9.17) is 4.52 Å². The Bertz CT molecular complexity index is 2450. The zero-order valence-electron chi connectivity index (χ0n) is 33.4. The maximum absolute atomic E-state index is 14.2. The number of hydrogen-bond donors (Lipinski definition) is 4. The smallest absolute Gasteiger partial charge is 0.243 e. The zero-order valence-corrected chi connectivity index (χ0v) is 34.2. The number of aromatic hydroxyl groups is 1. The number of H-pyrrole nitrogens is 1. The van der Waals surface area contributed by atoms with E-state index < -0.39 is 18.1 Å². The normalized spacial score (nSPS) is 19.7. The minimum Gasteiger partial charge on any atom is -0.507 e. The number of aliphatic hydroxyl groups excluding tert-OH is 1. The molecule has 0 unspecified atom stereocenters. The number of aryl methyl sites for hydroxylation is 1. The highest BCUT2D eigenvalue weighted by atomic mass is 32.1. The van der Waals surface area contributed by atoms with Gasteiger partial charge in [-0.1, -0.05) is 55.4 Å². The number of hydrogen-bond acceptors (Lipinski definition) is 12. The molecule has 0 saturated carbocycles. The first-order chi connectivity index (χ1) is 28.6. The summed E-state index contributed by atoms with van der Waals surface area (Å²) < 4.78 is 5.89. The molecule has 0 bridgehead atoms. The number of β-amino-alcohol motifs (C(OH)–C–C–N with tert-alkyl or cyclic N) is 1. The molecule has 9 rings (SSSR count). The van der Waals surface area contributed by atoms with Crippen molar-refractivity contribution in [1.82, 2.24) is 40.4 Å². The van der Waals surface area contributed by atoms with Crippen LogP contribution in [-0.2, 0) is 16.1 Å². The van der Waals surface area contributed by atoms with Gasteiger partial charge in [0.05, 0.1) is 33.4 Å². The molecule has 306 valence electrons. The number of rotatable bonds is 11. The lowest BCUT2D eigenvalue weighted by Gasteiger charge is -2.47. The molecule has 4 N–H and O–H groups in total. The number of carbonyl (C=O) groups excluding carboxylic acids is 2. The van der Waals surface area contributed by atoms with Crippen molar-refractivity contribution >= 4 is 40.0 Å². The molecule has 0 aliphatic carbocycles. The Labute approximate surface area is 346 Å². The third kappa shape index (κ3) is 7.81. The van der Waals surface area contributed by atoms with Gasteiger partial charge in [-0.15, -0.1) is 21.5 Å². The van der Waals surface area contributed by atoms with E-state index in [1.807, 2.05) is 74.8 Å². The second-order valence-electron chi connectivity index (χ2n) is 16.5. The maximum atomic E-state index is 14.2. The number of piperidine rings is 1. The van der Waals surface area contributed by atoms with Crippen LogP contribution in [-0.4, -0.2) is 108 Å². The van der Waals surface area contributed by atoms with Gasteiger partial charge in [0.1, 0.15) is 23.2 Å². The molecule has 3 aliphatic heterocycles. The van der Waals surface area contributed by atoms with Crippen LogP contribution in [0.1, 0.15) is 67.7 Å². The van der Waals surface area contributed by atoms with Crippen molar-refractivity contribution in [2.24, 2.45) is 5.92 Å². The number of nitrogens with one attached hydrogen (secondary N) is 2. The monoisotopic (exact) mass is 815 g/mol. The standard InChI is InChI=1S/C44H49N9O5S/c1-25(2)41(44(57)53-23-31(54)16-37(53)43(56)45-20-27-8-10-28(11-9-27)42-26(3)46-24-59-42)39-19-40(50-58-39)51-14-12-30(13-15-51)52-21-29(22-52)33-17-36-35(47-33)18-34(48-49-36)32-6-4-5-7-38(32)55/h4-11,17-19,24-25,29-31,37,41,47,54-55H,12-16,20-23H2,1-3H3,(H,45,56)/t31-,37+,41-/m1/s1. The fraction of sp³-hybridized carbons (Fsp3) is 0.409. The molecule has 3 fully saturated rings. The number of likely N-dealkylation sites (tertiary alicyclic amines) is 2. The Morgan fingerprint density at radius 2 is 1.80 bits per heavy atom. The van der Waals surface area contributed by atoms with E-state index in [0.29, 0.717) is 41.3 Å². The van der Waals surface area contributed by atoms with Crippen molar-refractivity contribution in [3.05, 3.63) is 95.0 Å². The quantitative estimate of drug-likeness (QED) is 0.124. The molecule has 0 radical (unpaired) electrons. The molecule has 15 heteroatoms. The Morgan fingerprint density at radius 3 is 2.53 bits per heavy atom. The van der Waals surface area contributed by atoms with Crippen LogP contribution in [0.5, 0.6) is 5.75 Å². The Kier molecular flexibility index (Phi) is 10.7. The maximum Gasteiger partial charge on any atom is 0.243 e. The number of aromatic nitrogens is 5. The first-order valence-corrected chi connectivity index (χ1v) is 21.3. The molecular formula is C44H49N9O5S. The Hall–Kier alpha value is -5.64. The van der Waals surface area contributed by atoms with Gasteiger partial charge in [-0.05, 0) is 61.1 Å². The third-order valence-corrected chi connectivity index (χ3v) is 13.3. The first kappa shape index (κ1) is 38.9. The highest BCUT2D eigenvalue weighted by Gasteiger charge is 2.43. The number of para-hydroxylation sites is 1. The number of amides is 2. The Morgan fingerprint density at radius 1 is 1.02 bits per heavy atom. The van der Waals surface area contributed by atoms with Gasteiger partial charge in [0.2, 0.25) is 11.8 Å². The van der Waals surface area contributed by atoms with Gasteiger partial charge in [-0.3, -0.25) is 14.5 Å². The highest BCUT2D eigenvalue weighted by Crippen LogP contribution is 2.37. The molecule has 2 aromatic carbocycles. The summed E-state index contributed by atoms with van der Waals surface area (Å²) in [7, 11) is 0. The first-order valence-electron chi connectivity index (χ1n) is 20.5. The van der Waals surface area contributed by atoms with E-state index in [0.717, 1.165) is 77.4 Å². The van der Waals surface area contributed by atoms with E-state index in [1.54, 1.807) is 23.5 Å². The summed E-state index contributed by atoms with van der Waals surface area (Å²) in [6, 6.07) is 20.8. The minimum atomic E-state index is -0.793. The second kappa shape index (κ2) is 16.2. The lowest BCUT2D eigenvalue weighted by atomic mass is 9.90. The van der Waals surface area contributed by atoms with Crippen LogP contribution in [0.2, 0.25) is 0 Å². The fourth-order valence-electron chi connectivity index (χ4n) is 8.91. The van der Waals surface area contributed by atoms with Gasteiger partial charge in [0.25, 0.3) is 0 Å². The van der Waals surface area contributed by atoms with Crippen molar-refractivity contribution in [3.63, 3.8) is 0 Å². The van der Waals surface area contributed by atoms with E-state index in [9.17, 15) is 19.8 Å². The van der Waals surface area contributed by atoms with Crippen LogP contribution >= 0.6 is 11.3 Å². The number of thiazole rings is 1. The molecule has 0 spiro atoms. The molecule has 14 nitrogen and oxygen atoms in total. The molecular weight excluding hydrogens is 767 g/mol. The van der Waals surface area contributed by atoms with Crippen molar-refractivity contribution in [2.45, 2.75) is 76.6 Å². The van der Waals surface area contributed by atoms with Gasteiger partial charge in [-0.25, -0.2) is 4.98 Å². The summed E-state index contributed by atoms with van der Waals surface area (Å²) in [5, 5.41) is 37.1. The summed E-state index contributed by atoms with van der Waals surface area (Å²) in [5.41, 5.74) is 9.02.